The lowest BCUT2D eigenvalue weighted by Crippen LogP contribution is -2.32. The van der Waals surface area contributed by atoms with E-state index in [-0.39, 0.29) is 17.3 Å². The minimum Gasteiger partial charge on any atom is -0.265 e. The van der Waals surface area contributed by atoms with Crippen molar-refractivity contribution in [3.05, 3.63) is 97.3 Å². The number of nitrogens with zero attached hydrogens (tertiary/aromatic N) is 5. The molecule has 1 aromatic heterocycles. The lowest BCUT2D eigenvalue weighted by Gasteiger charge is -2.29. The smallest absolute Gasteiger partial charge is 0.265 e. The molecule has 1 amide bonds. The van der Waals surface area contributed by atoms with Crippen LogP contribution in [0.5, 0.6) is 0 Å². The summed E-state index contributed by atoms with van der Waals surface area (Å²) < 4.78 is 1.39. The number of fused-ring (bicyclic) bond motifs is 1. The normalized spacial score (nSPS) is 20.4. The van der Waals surface area contributed by atoms with Crippen molar-refractivity contribution in [1.82, 2.24) is 14.8 Å². The first-order valence-corrected chi connectivity index (χ1v) is 12.5. The molecule has 0 saturated heterocycles. The Kier molecular flexibility index (Phi) is 6.64. The standard InChI is InChI=1S/C26H23Cl2N5O3/c1-2-31-15-22(33(35)36)24(29-31)26(34)32-25(17-8-12-20(28)13-9-17)21-5-3-4-18(23(21)30-32)14-16-6-10-19(27)11-7-16/h6-15,21,25H,2-5H2,1H3/b18-14-/t21-,25+/m0/s1. The molecule has 0 unspecified atom stereocenters. The number of carbonyl (C=O) groups is 1. The van der Waals surface area contributed by atoms with Crippen molar-refractivity contribution in [2.75, 3.05) is 0 Å². The molecule has 0 bridgehead atoms. The monoisotopic (exact) mass is 523 g/mol. The highest BCUT2D eigenvalue weighted by Crippen LogP contribution is 2.45. The largest absolute Gasteiger partial charge is 0.320 e. The predicted molar refractivity (Wildman–Crippen MR) is 139 cm³/mol. The summed E-state index contributed by atoms with van der Waals surface area (Å²) >= 11 is 12.2. The second kappa shape index (κ2) is 9.87. The van der Waals surface area contributed by atoms with Crippen LogP contribution in [0.1, 0.15) is 53.8 Å². The highest BCUT2D eigenvalue weighted by molar-refractivity contribution is 6.30. The summed E-state index contributed by atoms with van der Waals surface area (Å²) in [6.45, 7) is 2.21. The van der Waals surface area contributed by atoms with Crippen LogP contribution in [0.3, 0.4) is 0 Å². The van der Waals surface area contributed by atoms with Crippen molar-refractivity contribution < 1.29 is 9.72 Å². The van der Waals surface area contributed by atoms with Crippen molar-refractivity contribution in [3.8, 4) is 0 Å². The molecule has 36 heavy (non-hydrogen) atoms. The Morgan fingerprint density at radius 2 is 1.81 bits per heavy atom. The summed E-state index contributed by atoms with van der Waals surface area (Å²) in [5, 5.41) is 23.3. The number of allylic oxidation sites excluding steroid dienone is 1. The van der Waals surface area contributed by atoms with E-state index in [0.29, 0.717) is 16.6 Å². The number of amides is 1. The van der Waals surface area contributed by atoms with Gasteiger partial charge in [-0.1, -0.05) is 47.5 Å². The third kappa shape index (κ3) is 4.54. The zero-order valence-electron chi connectivity index (χ0n) is 19.5. The van der Waals surface area contributed by atoms with Gasteiger partial charge in [-0.3, -0.25) is 19.6 Å². The van der Waals surface area contributed by atoms with Gasteiger partial charge in [0.15, 0.2) is 0 Å². The molecule has 1 aliphatic carbocycles. The van der Waals surface area contributed by atoms with Gasteiger partial charge in [-0.15, -0.1) is 0 Å². The van der Waals surface area contributed by atoms with E-state index in [2.05, 4.69) is 11.2 Å². The van der Waals surface area contributed by atoms with Crippen LogP contribution in [0.25, 0.3) is 6.08 Å². The lowest BCUT2D eigenvalue weighted by atomic mass is 9.77. The molecule has 2 heterocycles. The second-order valence-corrected chi connectivity index (χ2v) is 9.70. The molecule has 0 spiro atoms. The summed E-state index contributed by atoms with van der Waals surface area (Å²) in [6, 6.07) is 14.4. The van der Waals surface area contributed by atoms with Crippen molar-refractivity contribution >= 4 is 46.6 Å². The summed E-state index contributed by atoms with van der Waals surface area (Å²) in [6.07, 6.45) is 5.94. The Morgan fingerprint density at radius 1 is 1.14 bits per heavy atom. The molecule has 5 rings (SSSR count). The van der Waals surface area contributed by atoms with Gasteiger partial charge < -0.3 is 0 Å². The van der Waals surface area contributed by atoms with Crippen LogP contribution in [-0.4, -0.2) is 31.3 Å². The van der Waals surface area contributed by atoms with E-state index in [1.165, 1.54) is 15.9 Å². The van der Waals surface area contributed by atoms with Crippen LogP contribution in [-0.2, 0) is 6.54 Å². The molecule has 2 aromatic carbocycles. The Hall–Kier alpha value is -3.49. The average molecular weight is 524 g/mol. The number of nitro groups is 1. The Morgan fingerprint density at radius 3 is 2.44 bits per heavy atom. The Bertz CT molecular complexity index is 1380. The van der Waals surface area contributed by atoms with Crippen molar-refractivity contribution in [1.29, 1.82) is 0 Å². The molecule has 0 radical (unpaired) electrons. The van der Waals surface area contributed by atoms with Gasteiger partial charge in [0, 0.05) is 22.5 Å². The van der Waals surface area contributed by atoms with E-state index >= 15 is 0 Å². The molecular weight excluding hydrogens is 501 g/mol. The van der Waals surface area contributed by atoms with E-state index < -0.39 is 16.9 Å². The maximum absolute atomic E-state index is 13.8. The van der Waals surface area contributed by atoms with Gasteiger partial charge in [0.1, 0.15) is 6.20 Å². The second-order valence-electron chi connectivity index (χ2n) is 8.83. The molecule has 3 aromatic rings. The number of benzene rings is 2. The molecule has 1 saturated carbocycles. The molecule has 0 N–H and O–H groups in total. The lowest BCUT2D eigenvalue weighted by molar-refractivity contribution is -0.385. The fraction of sp³-hybridized carbons (Fsp3) is 0.269. The number of hydrazone groups is 1. The summed E-state index contributed by atoms with van der Waals surface area (Å²) in [5.74, 6) is -0.656. The highest BCUT2D eigenvalue weighted by Gasteiger charge is 2.45. The first-order valence-electron chi connectivity index (χ1n) is 11.7. The van der Waals surface area contributed by atoms with Gasteiger partial charge >= 0.3 is 11.6 Å². The maximum atomic E-state index is 13.8. The Balaban J connectivity index is 1.60. The average Bonchev–Trinajstić information content (AvgIpc) is 3.49. The molecular formula is C26H23Cl2N5O3. The summed E-state index contributed by atoms with van der Waals surface area (Å²) in [7, 11) is 0. The predicted octanol–water partition coefficient (Wildman–Crippen LogP) is 6.55. The number of aryl methyl sites for hydroxylation is 1. The molecule has 2 atom stereocenters. The van der Waals surface area contributed by atoms with Gasteiger partial charge in [0.25, 0.3) is 0 Å². The van der Waals surface area contributed by atoms with Gasteiger partial charge in [0.2, 0.25) is 5.69 Å². The molecule has 2 aliphatic rings. The fourth-order valence-corrected chi connectivity index (χ4v) is 5.14. The van der Waals surface area contributed by atoms with E-state index in [0.717, 1.165) is 41.7 Å². The molecule has 10 heteroatoms. The van der Waals surface area contributed by atoms with Crippen molar-refractivity contribution in [2.45, 2.75) is 38.8 Å². The number of hydrogen-bond donors (Lipinski definition) is 0. The topological polar surface area (TPSA) is 93.6 Å². The van der Waals surface area contributed by atoms with E-state index in [1.807, 2.05) is 36.4 Å². The SMILES string of the molecule is CCn1cc([N+](=O)[O-])c(C(=O)N2N=C3/C(=C\c4ccc(Cl)cc4)CCC[C@@H]3[C@H]2c2ccc(Cl)cc2)n1. The maximum Gasteiger partial charge on any atom is 0.320 e. The highest BCUT2D eigenvalue weighted by atomic mass is 35.5. The molecule has 1 fully saturated rings. The van der Waals surface area contributed by atoms with Gasteiger partial charge in [-0.2, -0.15) is 10.2 Å². The summed E-state index contributed by atoms with van der Waals surface area (Å²) in [5.41, 5.74) is 3.17. The number of carbonyl (C=O) groups excluding carboxylic acids is 1. The van der Waals surface area contributed by atoms with Crippen LogP contribution in [0.2, 0.25) is 10.0 Å². The van der Waals surface area contributed by atoms with Gasteiger partial charge in [-0.25, -0.2) is 5.01 Å². The third-order valence-corrected chi connectivity index (χ3v) is 7.10. The van der Waals surface area contributed by atoms with Crippen LogP contribution in [0, 0.1) is 16.0 Å². The van der Waals surface area contributed by atoms with Crippen LogP contribution >= 0.6 is 23.2 Å². The number of rotatable bonds is 5. The molecule has 1 aliphatic heterocycles. The number of hydrogen-bond acceptors (Lipinski definition) is 5. The van der Waals surface area contributed by atoms with Crippen molar-refractivity contribution in [3.63, 3.8) is 0 Å². The summed E-state index contributed by atoms with van der Waals surface area (Å²) in [4.78, 5) is 24.9. The first kappa shape index (κ1) is 24.2. The quantitative estimate of drug-likeness (QED) is 0.279. The van der Waals surface area contributed by atoms with Gasteiger partial charge in [0.05, 0.1) is 16.7 Å². The first-order chi connectivity index (χ1) is 17.4. The zero-order valence-corrected chi connectivity index (χ0v) is 21.0. The van der Waals surface area contributed by atoms with Crippen LogP contribution < -0.4 is 0 Å². The van der Waals surface area contributed by atoms with E-state index in [1.54, 1.807) is 19.1 Å². The van der Waals surface area contributed by atoms with Gasteiger partial charge in [-0.05, 0) is 73.2 Å². The van der Waals surface area contributed by atoms with Crippen molar-refractivity contribution in [2.24, 2.45) is 11.0 Å². The number of halogens is 2. The minimum absolute atomic E-state index is 0.0604. The van der Waals surface area contributed by atoms with E-state index in [9.17, 15) is 14.9 Å². The zero-order chi connectivity index (χ0) is 25.4. The number of aromatic nitrogens is 2. The van der Waals surface area contributed by atoms with E-state index in [4.69, 9.17) is 28.3 Å². The minimum atomic E-state index is -0.596. The molecule has 184 valence electrons. The van der Waals surface area contributed by atoms with Crippen LogP contribution in [0.4, 0.5) is 5.69 Å². The fourth-order valence-electron chi connectivity index (χ4n) is 4.89. The third-order valence-electron chi connectivity index (χ3n) is 6.60. The van der Waals surface area contributed by atoms with Crippen LogP contribution in [0.15, 0.2) is 65.4 Å². The molecule has 8 nitrogen and oxygen atoms in total. The Labute approximate surface area is 218 Å².